The molecule has 0 aliphatic heterocycles. The van der Waals surface area contributed by atoms with Gasteiger partial charge < -0.3 is 5.11 Å². The van der Waals surface area contributed by atoms with Crippen molar-refractivity contribution in [2.24, 2.45) is 0 Å². The highest BCUT2D eigenvalue weighted by Gasteiger charge is 2.13. The summed E-state index contributed by atoms with van der Waals surface area (Å²) >= 11 is 4.43. The van der Waals surface area contributed by atoms with Gasteiger partial charge in [-0.15, -0.1) is 0 Å². The molecule has 0 aliphatic rings. The van der Waals surface area contributed by atoms with Crippen molar-refractivity contribution in [2.45, 2.75) is 16.8 Å². The number of nitrogens with zero attached hydrogens (tertiary/aromatic N) is 2. The summed E-state index contributed by atoms with van der Waals surface area (Å²) < 4.78 is 0.493. The average molecular weight is 369 g/mol. The smallest absolute Gasteiger partial charge is 0.336 e. The summed E-state index contributed by atoms with van der Waals surface area (Å²) in [5.41, 5.74) is 0.743. The fourth-order valence-electron chi connectivity index (χ4n) is 1.60. The van der Waals surface area contributed by atoms with Gasteiger partial charge in [0, 0.05) is 15.4 Å². The Morgan fingerprint density at radius 2 is 2.14 bits per heavy atom. The molecule has 0 radical (unpaired) electrons. The minimum absolute atomic E-state index is 0.0705. The lowest BCUT2D eigenvalue weighted by molar-refractivity contribution is -0.385. The van der Waals surface area contributed by atoms with Gasteiger partial charge in [0.1, 0.15) is 11.2 Å². The van der Waals surface area contributed by atoms with Gasteiger partial charge in [-0.3, -0.25) is 10.1 Å². The Balaban J connectivity index is 2.32. The second-order valence-corrected chi connectivity index (χ2v) is 6.04. The zero-order chi connectivity index (χ0) is 15.6. The summed E-state index contributed by atoms with van der Waals surface area (Å²) in [5.74, 6) is -1.03. The molecule has 0 fully saturated rings. The summed E-state index contributed by atoms with van der Waals surface area (Å²) in [6, 6.07) is 6.36. The molecule has 8 heteroatoms. The summed E-state index contributed by atoms with van der Waals surface area (Å²) in [7, 11) is 0. The summed E-state index contributed by atoms with van der Waals surface area (Å²) in [6.45, 7) is 1.72. The highest BCUT2D eigenvalue weighted by Crippen LogP contribution is 2.32. The monoisotopic (exact) mass is 368 g/mol. The molecule has 1 heterocycles. The largest absolute Gasteiger partial charge is 0.478 e. The van der Waals surface area contributed by atoms with Crippen molar-refractivity contribution < 1.29 is 14.8 Å². The number of aromatic nitrogens is 1. The zero-order valence-electron chi connectivity index (χ0n) is 10.7. The van der Waals surface area contributed by atoms with E-state index < -0.39 is 10.9 Å². The number of pyridine rings is 1. The lowest BCUT2D eigenvalue weighted by Gasteiger charge is -2.06. The second-order valence-electron chi connectivity index (χ2n) is 4.12. The number of carboxylic acid groups (broad SMARTS) is 1. The molecule has 0 amide bonds. The van der Waals surface area contributed by atoms with Crippen molar-refractivity contribution in [1.82, 2.24) is 4.98 Å². The molecule has 0 atom stereocenters. The number of hydrogen-bond donors (Lipinski definition) is 1. The Morgan fingerprint density at radius 3 is 2.71 bits per heavy atom. The predicted octanol–water partition coefficient (Wildman–Crippen LogP) is 3.91. The molecule has 0 spiro atoms. The number of carboxylic acids is 1. The third kappa shape index (κ3) is 3.59. The molecule has 2 rings (SSSR count). The number of halogens is 1. The van der Waals surface area contributed by atoms with E-state index in [9.17, 15) is 14.9 Å². The van der Waals surface area contributed by atoms with Crippen LogP contribution in [0.4, 0.5) is 5.69 Å². The van der Waals surface area contributed by atoms with Gasteiger partial charge in [-0.2, -0.15) is 0 Å². The SMILES string of the molecule is Cc1cc([N+](=O)[O-])cnc1Sc1ccc(Br)c(C(=O)O)c1. The van der Waals surface area contributed by atoms with Crippen LogP contribution in [0.2, 0.25) is 0 Å². The normalized spacial score (nSPS) is 10.4. The summed E-state index contributed by atoms with van der Waals surface area (Å²) in [4.78, 5) is 26.0. The van der Waals surface area contributed by atoms with Gasteiger partial charge >= 0.3 is 5.97 Å². The molecule has 0 saturated heterocycles. The minimum atomic E-state index is -1.03. The Hall–Kier alpha value is -1.93. The van der Waals surface area contributed by atoms with Gasteiger partial charge in [0.25, 0.3) is 5.69 Å². The van der Waals surface area contributed by atoms with E-state index >= 15 is 0 Å². The zero-order valence-corrected chi connectivity index (χ0v) is 13.1. The summed E-state index contributed by atoms with van der Waals surface area (Å²) in [6.07, 6.45) is 1.19. The van der Waals surface area contributed by atoms with E-state index in [-0.39, 0.29) is 11.3 Å². The van der Waals surface area contributed by atoms with Gasteiger partial charge in [-0.25, -0.2) is 9.78 Å². The van der Waals surface area contributed by atoms with Crippen molar-refractivity contribution in [3.63, 3.8) is 0 Å². The molecule has 2 aromatic rings. The Bertz CT molecular complexity index is 736. The van der Waals surface area contributed by atoms with Crippen molar-refractivity contribution in [3.05, 3.63) is 56.2 Å². The highest BCUT2D eigenvalue weighted by atomic mass is 79.9. The molecule has 0 bridgehead atoms. The summed E-state index contributed by atoms with van der Waals surface area (Å²) in [5, 5.41) is 20.3. The van der Waals surface area contributed by atoms with Crippen LogP contribution >= 0.6 is 27.7 Å². The van der Waals surface area contributed by atoms with Crippen LogP contribution in [0.25, 0.3) is 0 Å². The molecule has 0 saturated carbocycles. The van der Waals surface area contributed by atoms with Crippen molar-refractivity contribution in [3.8, 4) is 0 Å². The number of benzene rings is 1. The van der Waals surface area contributed by atoms with Gasteiger partial charge in [0.05, 0.1) is 10.5 Å². The maximum absolute atomic E-state index is 11.1. The highest BCUT2D eigenvalue weighted by molar-refractivity contribution is 9.10. The van der Waals surface area contributed by atoms with E-state index in [1.807, 2.05) is 0 Å². The number of carbonyl (C=O) groups is 1. The number of rotatable bonds is 4. The van der Waals surface area contributed by atoms with Gasteiger partial charge in [-0.1, -0.05) is 11.8 Å². The van der Waals surface area contributed by atoms with Crippen molar-refractivity contribution in [2.75, 3.05) is 0 Å². The Labute approximate surface area is 132 Å². The number of hydrogen-bond acceptors (Lipinski definition) is 5. The number of aromatic carboxylic acids is 1. The third-order valence-corrected chi connectivity index (χ3v) is 4.41. The van der Waals surface area contributed by atoms with Crippen molar-refractivity contribution in [1.29, 1.82) is 0 Å². The lowest BCUT2D eigenvalue weighted by atomic mass is 10.2. The third-order valence-electron chi connectivity index (χ3n) is 2.61. The molecule has 1 aromatic heterocycles. The fourth-order valence-corrected chi connectivity index (χ4v) is 2.88. The first-order chi connectivity index (χ1) is 9.88. The topological polar surface area (TPSA) is 93.3 Å². The van der Waals surface area contributed by atoms with Gasteiger partial charge in [0.15, 0.2) is 0 Å². The Kier molecular flexibility index (Phi) is 4.59. The van der Waals surface area contributed by atoms with E-state index in [1.54, 1.807) is 19.1 Å². The quantitative estimate of drug-likeness (QED) is 0.649. The molecule has 108 valence electrons. The van der Waals surface area contributed by atoms with Crippen LogP contribution in [0.1, 0.15) is 15.9 Å². The molecular formula is C13H9BrN2O4S. The molecule has 0 unspecified atom stereocenters. The first-order valence-electron chi connectivity index (χ1n) is 5.70. The van der Waals surface area contributed by atoms with E-state index in [1.165, 1.54) is 30.1 Å². The van der Waals surface area contributed by atoms with Crippen LogP contribution < -0.4 is 0 Å². The van der Waals surface area contributed by atoms with E-state index in [2.05, 4.69) is 20.9 Å². The van der Waals surface area contributed by atoms with Crippen LogP contribution in [-0.2, 0) is 0 Å². The van der Waals surface area contributed by atoms with E-state index in [4.69, 9.17) is 5.11 Å². The van der Waals surface area contributed by atoms with Gasteiger partial charge in [0.2, 0.25) is 0 Å². The molecular weight excluding hydrogens is 360 g/mol. The maximum atomic E-state index is 11.1. The molecule has 6 nitrogen and oxygen atoms in total. The first kappa shape index (κ1) is 15.5. The molecule has 21 heavy (non-hydrogen) atoms. The maximum Gasteiger partial charge on any atom is 0.336 e. The lowest BCUT2D eigenvalue weighted by Crippen LogP contribution is -1.98. The van der Waals surface area contributed by atoms with Crippen molar-refractivity contribution >= 4 is 39.3 Å². The predicted molar refractivity (Wildman–Crippen MR) is 80.9 cm³/mol. The minimum Gasteiger partial charge on any atom is -0.478 e. The standard InChI is InChI=1S/C13H9BrN2O4S/c1-7-4-8(16(19)20)6-15-12(7)21-9-2-3-11(14)10(5-9)13(17)18/h2-6H,1H3,(H,17,18). The first-order valence-corrected chi connectivity index (χ1v) is 7.31. The number of aryl methyl sites for hydroxylation is 1. The van der Waals surface area contributed by atoms with Crippen LogP contribution in [0, 0.1) is 17.0 Å². The van der Waals surface area contributed by atoms with Crippen LogP contribution in [-0.4, -0.2) is 21.0 Å². The second kappa shape index (κ2) is 6.23. The molecule has 0 aliphatic carbocycles. The van der Waals surface area contributed by atoms with Crippen LogP contribution in [0.5, 0.6) is 0 Å². The van der Waals surface area contributed by atoms with Gasteiger partial charge in [-0.05, 0) is 46.6 Å². The average Bonchev–Trinajstić information content (AvgIpc) is 2.42. The fraction of sp³-hybridized carbons (Fsp3) is 0.0769. The Morgan fingerprint density at radius 1 is 1.43 bits per heavy atom. The molecule has 1 N–H and O–H groups in total. The van der Waals surface area contributed by atoms with Crippen LogP contribution in [0.15, 0.2) is 44.9 Å². The van der Waals surface area contributed by atoms with E-state index in [0.717, 1.165) is 0 Å². The van der Waals surface area contributed by atoms with E-state index in [0.29, 0.717) is 20.0 Å². The molecule has 1 aromatic carbocycles. The number of nitro groups is 1. The van der Waals surface area contributed by atoms with Crippen LogP contribution in [0.3, 0.4) is 0 Å².